The number of aryl methyl sites for hydroxylation is 1. The Bertz CT molecular complexity index is 542. The SMILES string of the molecule is CCC(NC(=O)c1ccc(=O)n(C)n1)C(O)C(F)(F)F. The van der Waals surface area contributed by atoms with Gasteiger partial charge in [-0.05, 0) is 12.5 Å². The van der Waals surface area contributed by atoms with E-state index in [2.05, 4.69) is 5.10 Å². The molecule has 0 radical (unpaired) electrons. The van der Waals surface area contributed by atoms with Gasteiger partial charge in [0.15, 0.2) is 6.10 Å². The number of aromatic nitrogens is 2. The van der Waals surface area contributed by atoms with Gasteiger partial charge in [0.2, 0.25) is 0 Å². The number of alkyl halides is 3. The number of hydrogen-bond acceptors (Lipinski definition) is 4. The number of halogens is 3. The van der Waals surface area contributed by atoms with E-state index in [0.717, 1.165) is 16.8 Å². The van der Waals surface area contributed by atoms with Crippen LogP contribution < -0.4 is 10.9 Å². The Morgan fingerprint density at radius 2 is 2.10 bits per heavy atom. The number of nitrogens with zero attached hydrogens (tertiary/aromatic N) is 2. The Morgan fingerprint density at radius 3 is 2.55 bits per heavy atom. The maximum absolute atomic E-state index is 12.4. The Hall–Kier alpha value is -1.90. The van der Waals surface area contributed by atoms with Crippen molar-refractivity contribution in [1.82, 2.24) is 15.1 Å². The Labute approximate surface area is 112 Å². The molecule has 1 rings (SSSR count). The lowest BCUT2D eigenvalue weighted by molar-refractivity contribution is -0.211. The van der Waals surface area contributed by atoms with E-state index < -0.39 is 29.8 Å². The standard InChI is InChI=1S/C11H14F3N3O3/c1-3-6(9(19)11(12,13)14)15-10(20)7-4-5-8(18)17(2)16-7/h4-6,9,19H,3H2,1-2H3,(H,15,20). The average molecular weight is 293 g/mol. The van der Waals surface area contributed by atoms with Crippen LogP contribution in [0.2, 0.25) is 0 Å². The summed E-state index contributed by atoms with van der Waals surface area (Å²) in [6.45, 7) is 1.40. The second-order valence-electron chi connectivity index (χ2n) is 4.16. The van der Waals surface area contributed by atoms with Crippen molar-refractivity contribution in [3.8, 4) is 0 Å². The van der Waals surface area contributed by atoms with Crippen LogP contribution in [0.3, 0.4) is 0 Å². The molecule has 1 aromatic rings. The molecule has 0 aliphatic heterocycles. The van der Waals surface area contributed by atoms with Crippen molar-refractivity contribution in [2.45, 2.75) is 31.7 Å². The van der Waals surface area contributed by atoms with Crippen LogP contribution in [-0.4, -0.2) is 39.1 Å². The second-order valence-corrected chi connectivity index (χ2v) is 4.16. The smallest absolute Gasteiger partial charge is 0.382 e. The lowest BCUT2D eigenvalue weighted by Gasteiger charge is -2.24. The fourth-order valence-electron chi connectivity index (χ4n) is 1.50. The van der Waals surface area contributed by atoms with E-state index in [0.29, 0.717) is 0 Å². The number of carbonyl (C=O) groups is 1. The molecule has 1 aromatic heterocycles. The number of hydrogen-bond donors (Lipinski definition) is 2. The van der Waals surface area contributed by atoms with Crippen molar-refractivity contribution in [3.63, 3.8) is 0 Å². The molecule has 0 aliphatic rings. The van der Waals surface area contributed by atoms with E-state index in [4.69, 9.17) is 5.11 Å². The summed E-state index contributed by atoms with van der Waals surface area (Å²) in [5.41, 5.74) is -0.663. The molecule has 0 saturated heterocycles. The molecule has 0 spiro atoms. The van der Waals surface area contributed by atoms with E-state index in [1.54, 1.807) is 0 Å². The molecule has 0 aliphatic carbocycles. The van der Waals surface area contributed by atoms with E-state index in [9.17, 15) is 22.8 Å². The molecule has 1 heterocycles. The normalized spacial score (nSPS) is 14.7. The van der Waals surface area contributed by atoms with Gasteiger partial charge in [-0.25, -0.2) is 4.68 Å². The minimum atomic E-state index is -4.83. The summed E-state index contributed by atoms with van der Waals surface area (Å²) in [5, 5.41) is 14.8. The first-order valence-corrected chi connectivity index (χ1v) is 5.76. The highest BCUT2D eigenvalue weighted by Crippen LogP contribution is 2.23. The quantitative estimate of drug-likeness (QED) is 0.831. The number of nitrogens with one attached hydrogen (secondary N) is 1. The predicted molar refractivity (Wildman–Crippen MR) is 63.1 cm³/mol. The minimum Gasteiger partial charge on any atom is -0.382 e. The molecule has 1 amide bonds. The van der Waals surface area contributed by atoms with Crippen LogP contribution in [-0.2, 0) is 7.05 Å². The van der Waals surface area contributed by atoms with Crippen LogP contribution in [0.25, 0.3) is 0 Å². The third-order valence-electron chi connectivity index (χ3n) is 2.67. The van der Waals surface area contributed by atoms with E-state index >= 15 is 0 Å². The van der Waals surface area contributed by atoms with Gasteiger partial charge < -0.3 is 10.4 Å². The van der Waals surface area contributed by atoms with Gasteiger partial charge in [-0.15, -0.1) is 0 Å². The zero-order chi connectivity index (χ0) is 15.5. The van der Waals surface area contributed by atoms with Gasteiger partial charge in [0.25, 0.3) is 11.5 Å². The Balaban J connectivity index is 2.87. The Morgan fingerprint density at radius 1 is 1.50 bits per heavy atom. The predicted octanol–water partition coefficient (Wildman–Crippen LogP) is 0.212. The summed E-state index contributed by atoms with van der Waals surface area (Å²) < 4.78 is 38.1. The number of carbonyl (C=O) groups excluding carboxylic acids is 1. The van der Waals surface area contributed by atoms with Crippen LogP contribution in [0, 0.1) is 0 Å². The first-order chi connectivity index (χ1) is 9.16. The zero-order valence-electron chi connectivity index (χ0n) is 10.8. The van der Waals surface area contributed by atoms with E-state index in [-0.39, 0.29) is 12.1 Å². The average Bonchev–Trinajstić information content (AvgIpc) is 2.37. The summed E-state index contributed by atoms with van der Waals surface area (Å²) >= 11 is 0. The van der Waals surface area contributed by atoms with Crippen molar-refractivity contribution in [2.24, 2.45) is 7.05 Å². The first-order valence-electron chi connectivity index (χ1n) is 5.76. The van der Waals surface area contributed by atoms with Crippen LogP contribution in [0.4, 0.5) is 13.2 Å². The van der Waals surface area contributed by atoms with Crippen molar-refractivity contribution in [3.05, 3.63) is 28.2 Å². The highest BCUT2D eigenvalue weighted by atomic mass is 19.4. The van der Waals surface area contributed by atoms with E-state index in [1.807, 2.05) is 5.32 Å². The molecule has 2 atom stereocenters. The molecule has 2 N–H and O–H groups in total. The summed E-state index contributed by atoms with van der Waals surface area (Å²) in [4.78, 5) is 22.8. The molecule has 20 heavy (non-hydrogen) atoms. The fraction of sp³-hybridized carbons (Fsp3) is 0.545. The third-order valence-corrected chi connectivity index (χ3v) is 2.67. The van der Waals surface area contributed by atoms with Gasteiger partial charge in [-0.3, -0.25) is 9.59 Å². The number of aliphatic hydroxyl groups excluding tert-OH is 1. The molecular formula is C11H14F3N3O3. The van der Waals surface area contributed by atoms with Gasteiger partial charge in [0.1, 0.15) is 5.69 Å². The molecule has 2 unspecified atom stereocenters. The maximum Gasteiger partial charge on any atom is 0.416 e. The van der Waals surface area contributed by atoms with Gasteiger partial charge in [-0.1, -0.05) is 6.92 Å². The largest absolute Gasteiger partial charge is 0.416 e. The second kappa shape index (κ2) is 6.04. The van der Waals surface area contributed by atoms with Gasteiger partial charge >= 0.3 is 6.18 Å². The summed E-state index contributed by atoms with van der Waals surface area (Å²) in [7, 11) is 1.31. The summed E-state index contributed by atoms with van der Waals surface area (Å²) in [6.07, 6.45) is -7.60. The highest BCUT2D eigenvalue weighted by molar-refractivity contribution is 5.92. The van der Waals surface area contributed by atoms with Gasteiger partial charge in [0.05, 0.1) is 6.04 Å². The molecule has 0 saturated carbocycles. The van der Waals surface area contributed by atoms with Crippen molar-refractivity contribution >= 4 is 5.91 Å². The summed E-state index contributed by atoms with van der Waals surface area (Å²) in [6, 6.07) is 0.689. The number of aliphatic hydroxyl groups is 1. The molecule has 9 heteroatoms. The molecule has 112 valence electrons. The van der Waals surface area contributed by atoms with Gasteiger partial charge in [0, 0.05) is 13.1 Å². The lowest BCUT2D eigenvalue weighted by Crippen LogP contribution is -2.50. The maximum atomic E-state index is 12.4. The van der Waals surface area contributed by atoms with Gasteiger partial charge in [-0.2, -0.15) is 18.3 Å². The van der Waals surface area contributed by atoms with Crippen LogP contribution in [0.1, 0.15) is 23.8 Å². The van der Waals surface area contributed by atoms with Crippen molar-refractivity contribution in [2.75, 3.05) is 0 Å². The molecule has 0 aromatic carbocycles. The van der Waals surface area contributed by atoms with Crippen molar-refractivity contribution < 1.29 is 23.1 Å². The molecule has 0 fully saturated rings. The van der Waals surface area contributed by atoms with Crippen molar-refractivity contribution in [1.29, 1.82) is 0 Å². The first kappa shape index (κ1) is 16.2. The lowest BCUT2D eigenvalue weighted by atomic mass is 10.1. The topological polar surface area (TPSA) is 84.2 Å². The molecule has 6 nitrogen and oxygen atoms in total. The van der Waals surface area contributed by atoms with Crippen LogP contribution >= 0.6 is 0 Å². The minimum absolute atomic E-state index is 0.113. The van der Waals surface area contributed by atoms with Crippen LogP contribution in [0.15, 0.2) is 16.9 Å². The molecule has 0 bridgehead atoms. The highest BCUT2D eigenvalue weighted by Gasteiger charge is 2.43. The monoisotopic (exact) mass is 293 g/mol. The third kappa shape index (κ3) is 3.80. The number of amides is 1. The fourth-order valence-corrected chi connectivity index (χ4v) is 1.50. The zero-order valence-corrected chi connectivity index (χ0v) is 10.8. The van der Waals surface area contributed by atoms with E-state index in [1.165, 1.54) is 14.0 Å². The summed E-state index contributed by atoms with van der Waals surface area (Å²) in [5.74, 6) is -0.893. The number of rotatable bonds is 4. The Kier molecular flexibility index (Phi) is 4.88. The molecular weight excluding hydrogens is 279 g/mol. The van der Waals surface area contributed by atoms with Crippen LogP contribution in [0.5, 0.6) is 0 Å².